The second-order valence-electron chi connectivity index (χ2n) is 4.14. The number of rotatable bonds is 4. The van der Waals surface area contributed by atoms with Crippen molar-refractivity contribution in [2.45, 2.75) is 4.83 Å². The zero-order chi connectivity index (χ0) is 14.7. The summed E-state index contributed by atoms with van der Waals surface area (Å²) in [5.41, 5.74) is 2.12. The highest BCUT2D eigenvalue weighted by Crippen LogP contribution is 2.39. The lowest BCUT2D eigenvalue weighted by molar-refractivity contribution is 0.410. The Morgan fingerprint density at radius 2 is 1.70 bits per heavy atom. The van der Waals surface area contributed by atoms with E-state index >= 15 is 0 Å². The van der Waals surface area contributed by atoms with Crippen molar-refractivity contribution in [3.8, 4) is 11.5 Å². The van der Waals surface area contributed by atoms with Crippen LogP contribution in [0.25, 0.3) is 0 Å². The highest BCUT2D eigenvalue weighted by atomic mass is 79.9. The van der Waals surface area contributed by atoms with Gasteiger partial charge in [0.25, 0.3) is 0 Å². The molecule has 0 heterocycles. The first-order valence-corrected chi connectivity index (χ1v) is 7.96. The predicted octanol–water partition coefficient (Wildman–Crippen LogP) is 5.60. The number of hydrogen-bond donors (Lipinski definition) is 0. The molecule has 0 saturated carbocycles. The molecular weight excluding hydrogens is 407 g/mol. The zero-order valence-corrected chi connectivity index (χ0v) is 14.9. The number of hydrogen-bond acceptors (Lipinski definition) is 2. The number of halogens is 3. The molecule has 106 valence electrons. The minimum atomic E-state index is 0.0110. The quantitative estimate of drug-likeness (QED) is 0.599. The third-order valence-electron chi connectivity index (χ3n) is 2.94. The van der Waals surface area contributed by atoms with Crippen molar-refractivity contribution in [2.24, 2.45) is 0 Å². The van der Waals surface area contributed by atoms with Crippen molar-refractivity contribution in [1.82, 2.24) is 0 Å². The molecule has 0 bridgehead atoms. The van der Waals surface area contributed by atoms with Gasteiger partial charge >= 0.3 is 0 Å². The molecule has 0 radical (unpaired) electrons. The summed E-state index contributed by atoms with van der Waals surface area (Å²) in [7, 11) is 3.28. The molecule has 0 fully saturated rings. The molecule has 0 aliphatic rings. The monoisotopic (exact) mass is 418 g/mol. The second-order valence-corrected chi connectivity index (χ2v) is 6.35. The number of alkyl halides is 1. The molecule has 2 aromatic carbocycles. The smallest absolute Gasteiger partial charge is 0.133 e. The summed E-state index contributed by atoms with van der Waals surface area (Å²) >= 11 is 13.2. The average Bonchev–Trinajstić information content (AvgIpc) is 2.46. The van der Waals surface area contributed by atoms with Crippen LogP contribution in [0.4, 0.5) is 0 Å². The largest absolute Gasteiger partial charge is 0.496 e. The van der Waals surface area contributed by atoms with E-state index in [1.165, 1.54) is 0 Å². The van der Waals surface area contributed by atoms with E-state index in [0.29, 0.717) is 5.02 Å². The second kappa shape index (κ2) is 6.83. The van der Waals surface area contributed by atoms with Crippen LogP contribution in [0.5, 0.6) is 11.5 Å². The molecule has 0 saturated heterocycles. The SMILES string of the molecule is COc1ccc(C(Br)c2ccc(Cl)cc2OC)cc1Br. The Morgan fingerprint density at radius 3 is 2.30 bits per heavy atom. The van der Waals surface area contributed by atoms with Crippen LogP contribution in [0.1, 0.15) is 16.0 Å². The molecule has 1 unspecified atom stereocenters. The molecule has 0 spiro atoms. The normalized spacial score (nSPS) is 12.1. The van der Waals surface area contributed by atoms with E-state index in [-0.39, 0.29) is 4.83 Å². The highest BCUT2D eigenvalue weighted by Gasteiger charge is 2.16. The van der Waals surface area contributed by atoms with E-state index in [1.54, 1.807) is 14.2 Å². The van der Waals surface area contributed by atoms with Gasteiger partial charge in [0.05, 0.1) is 23.5 Å². The van der Waals surface area contributed by atoms with Gasteiger partial charge in [-0.05, 0) is 45.8 Å². The minimum Gasteiger partial charge on any atom is -0.496 e. The molecule has 0 N–H and O–H groups in total. The highest BCUT2D eigenvalue weighted by molar-refractivity contribution is 9.10. The van der Waals surface area contributed by atoms with Gasteiger partial charge in [-0.2, -0.15) is 0 Å². The Morgan fingerprint density at radius 1 is 1.00 bits per heavy atom. The summed E-state index contributed by atoms with van der Waals surface area (Å²) in [6.07, 6.45) is 0. The molecule has 1 atom stereocenters. The fourth-order valence-electron chi connectivity index (χ4n) is 1.91. The topological polar surface area (TPSA) is 18.5 Å². The van der Waals surface area contributed by atoms with Gasteiger partial charge in [0, 0.05) is 10.6 Å². The molecule has 5 heteroatoms. The maximum absolute atomic E-state index is 5.99. The number of benzene rings is 2. The Hall–Kier alpha value is -0.710. The Labute approximate surface area is 140 Å². The molecule has 0 aliphatic carbocycles. The van der Waals surface area contributed by atoms with Crippen molar-refractivity contribution < 1.29 is 9.47 Å². The summed E-state index contributed by atoms with van der Waals surface area (Å²) in [5.74, 6) is 1.56. The molecule has 2 aromatic rings. The fourth-order valence-corrected chi connectivity index (χ4v) is 3.30. The fraction of sp³-hybridized carbons (Fsp3) is 0.200. The van der Waals surface area contributed by atoms with Gasteiger partial charge in [-0.3, -0.25) is 0 Å². The van der Waals surface area contributed by atoms with E-state index in [2.05, 4.69) is 31.9 Å². The maximum atomic E-state index is 5.99. The van der Waals surface area contributed by atoms with Crippen molar-refractivity contribution in [2.75, 3.05) is 14.2 Å². The van der Waals surface area contributed by atoms with Crippen LogP contribution in [-0.4, -0.2) is 14.2 Å². The van der Waals surface area contributed by atoms with Crippen LogP contribution in [0, 0.1) is 0 Å². The first kappa shape index (κ1) is 15.7. The van der Waals surface area contributed by atoms with E-state index in [1.807, 2.05) is 36.4 Å². The summed E-state index contributed by atoms with van der Waals surface area (Å²) in [6.45, 7) is 0. The molecule has 2 rings (SSSR count). The molecule has 0 aromatic heterocycles. The number of ether oxygens (including phenoxy) is 2. The van der Waals surface area contributed by atoms with E-state index in [0.717, 1.165) is 27.1 Å². The summed E-state index contributed by atoms with van der Waals surface area (Å²) in [6, 6.07) is 11.6. The van der Waals surface area contributed by atoms with Crippen molar-refractivity contribution >= 4 is 43.5 Å². The van der Waals surface area contributed by atoms with Crippen molar-refractivity contribution in [3.05, 3.63) is 57.0 Å². The summed E-state index contributed by atoms with van der Waals surface area (Å²) < 4.78 is 11.5. The summed E-state index contributed by atoms with van der Waals surface area (Å²) in [5, 5.41) is 0.654. The first-order chi connectivity index (χ1) is 9.56. The molecule has 20 heavy (non-hydrogen) atoms. The van der Waals surface area contributed by atoms with Gasteiger partial charge in [-0.15, -0.1) is 0 Å². The van der Waals surface area contributed by atoms with Crippen LogP contribution in [0.2, 0.25) is 5.02 Å². The van der Waals surface area contributed by atoms with Crippen LogP contribution in [0.15, 0.2) is 40.9 Å². The molecule has 0 aliphatic heterocycles. The predicted molar refractivity (Wildman–Crippen MR) is 89.5 cm³/mol. The van der Waals surface area contributed by atoms with Gasteiger partial charge in [0.2, 0.25) is 0 Å². The Kier molecular flexibility index (Phi) is 5.35. The number of methoxy groups -OCH3 is 2. The van der Waals surface area contributed by atoms with Gasteiger partial charge in [0.15, 0.2) is 0 Å². The van der Waals surface area contributed by atoms with Gasteiger partial charge in [-0.25, -0.2) is 0 Å². The lowest BCUT2D eigenvalue weighted by atomic mass is 10.0. The maximum Gasteiger partial charge on any atom is 0.133 e. The molecule has 0 amide bonds. The van der Waals surface area contributed by atoms with Crippen LogP contribution < -0.4 is 9.47 Å². The first-order valence-electron chi connectivity index (χ1n) is 5.87. The van der Waals surface area contributed by atoms with Crippen molar-refractivity contribution in [1.29, 1.82) is 0 Å². The molecular formula is C15H13Br2ClO2. The zero-order valence-electron chi connectivity index (χ0n) is 11.0. The lowest BCUT2D eigenvalue weighted by Crippen LogP contribution is -1.97. The Balaban J connectivity index is 2.40. The average molecular weight is 421 g/mol. The van der Waals surface area contributed by atoms with E-state index in [9.17, 15) is 0 Å². The van der Waals surface area contributed by atoms with Gasteiger partial charge in [-0.1, -0.05) is 39.7 Å². The van der Waals surface area contributed by atoms with Gasteiger partial charge in [0.1, 0.15) is 11.5 Å². The lowest BCUT2D eigenvalue weighted by Gasteiger charge is -2.16. The standard InChI is InChI=1S/C15H13Br2ClO2/c1-19-13-6-3-9(7-12(13)16)15(17)11-5-4-10(18)8-14(11)20-2/h3-8,15H,1-2H3. The van der Waals surface area contributed by atoms with Gasteiger partial charge < -0.3 is 9.47 Å². The third-order valence-corrected chi connectivity index (χ3v) is 4.81. The van der Waals surface area contributed by atoms with E-state index < -0.39 is 0 Å². The van der Waals surface area contributed by atoms with E-state index in [4.69, 9.17) is 21.1 Å². The van der Waals surface area contributed by atoms with Crippen molar-refractivity contribution in [3.63, 3.8) is 0 Å². The molecule has 2 nitrogen and oxygen atoms in total. The Bertz CT molecular complexity index is 617. The van der Waals surface area contributed by atoms with Crippen LogP contribution in [0.3, 0.4) is 0 Å². The van der Waals surface area contributed by atoms with Crippen LogP contribution >= 0.6 is 43.5 Å². The minimum absolute atomic E-state index is 0.0110. The third kappa shape index (κ3) is 3.30. The van der Waals surface area contributed by atoms with Crippen LogP contribution in [-0.2, 0) is 0 Å². The summed E-state index contributed by atoms with van der Waals surface area (Å²) in [4.78, 5) is 0.0110.